The van der Waals surface area contributed by atoms with E-state index in [0.29, 0.717) is 0 Å². The third-order valence-corrected chi connectivity index (χ3v) is 3.18. The Balaban J connectivity index is 2.89. The average molecular weight is 288 g/mol. The molecule has 0 aliphatic heterocycles. The van der Waals surface area contributed by atoms with Crippen LogP contribution in [0.15, 0.2) is 0 Å². The first-order valence-electron chi connectivity index (χ1n) is 4.77. The first-order valence-corrected chi connectivity index (χ1v) is 5.92. The van der Waals surface area contributed by atoms with E-state index in [4.69, 9.17) is 10.2 Å². The van der Waals surface area contributed by atoms with Crippen LogP contribution in [0.5, 0.6) is 0 Å². The van der Waals surface area contributed by atoms with Gasteiger partial charge in [0.1, 0.15) is 0 Å². The van der Waals surface area contributed by atoms with Crippen molar-refractivity contribution in [1.82, 2.24) is 0 Å². The van der Waals surface area contributed by atoms with Crippen molar-refractivity contribution in [2.24, 2.45) is 0 Å². The van der Waals surface area contributed by atoms with E-state index in [2.05, 4.69) is 0 Å². The number of hydrogen-bond donors (Lipinski definition) is 2. The maximum atomic E-state index is 13.2. The zero-order valence-electron chi connectivity index (χ0n) is 8.89. The summed E-state index contributed by atoms with van der Waals surface area (Å²) in [7, 11) is 0. The lowest BCUT2D eigenvalue weighted by molar-refractivity contribution is 0.113. The maximum absolute atomic E-state index is 13.2. The third kappa shape index (κ3) is 3.12. The predicted molar refractivity (Wildman–Crippen MR) is 55.5 cm³/mol. The number of aliphatic hydroxyl groups is 2. The van der Waals surface area contributed by atoms with Crippen molar-refractivity contribution in [3.63, 3.8) is 0 Å². The van der Waals surface area contributed by atoms with Crippen LogP contribution in [0.25, 0.3) is 0 Å². The van der Waals surface area contributed by atoms with Gasteiger partial charge in [-0.2, -0.15) is 11.8 Å². The molecule has 8 heteroatoms. The van der Waals surface area contributed by atoms with Gasteiger partial charge in [0, 0.05) is 17.1 Å². The number of halogens is 5. The van der Waals surface area contributed by atoms with E-state index in [1.54, 1.807) is 0 Å². The van der Waals surface area contributed by atoms with Gasteiger partial charge in [-0.25, -0.2) is 22.0 Å². The molecular weight excluding hydrogens is 279 g/mol. The Labute approximate surface area is 103 Å². The fourth-order valence-electron chi connectivity index (χ4n) is 1.13. The molecule has 1 atom stereocenters. The fraction of sp³-hybridized carbons (Fsp3) is 0.400. The predicted octanol–water partition coefficient (Wildman–Crippen LogP) is 1.97. The van der Waals surface area contributed by atoms with Crippen LogP contribution in [0.2, 0.25) is 0 Å². The highest BCUT2D eigenvalue weighted by atomic mass is 32.2. The Hall–Kier alpha value is -0.860. The molecule has 0 heterocycles. The smallest absolute Gasteiger partial charge is 0.200 e. The van der Waals surface area contributed by atoms with Crippen molar-refractivity contribution >= 4 is 11.8 Å². The maximum Gasteiger partial charge on any atom is 0.200 e. The fourth-order valence-corrected chi connectivity index (χ4v) is 2.08. The quantitative estimate of drug-likeness (QED) is 0.494. The monoisotopic (exact) mass is 288 g/mol. The van der Waals surface area contributed by atoms with Gasteiger partial charge in [-0.1, -0.05) is 0 Å². The van der Waals surface area contributed by atoms with E-state index in [9.17, 15) is 22.0 Å². The summed E-state index contributed by atoms with van der Waals surface area (Å²) in [6.45, 7) is -0.551. The highest BCUT2D eigenvalue weighted by Crippen LogP contribution is 2.26. The van der Waals surface area contributed by atoms with Gasteiger partial charge < -0.3 is 10.2 Å². The molecule has 1 aromatic rings. The van der Waals surface area contributed by atoms with E-state index < -0.39 is 53.1 Å². The summed E-state index contributed by atoms with van der Waals surface area (Å²) in [6.07, 6.45) is -1.11. The molecule has 0 saturated heterocycles. The average Bonchev–Trinajstić information content (AvgIpc) is 2.37. The van der Waals surface area contributed by atoms with Crippen LogP contribution in [0.3, 0.4) is 0 Å². The van der Waals surface area contributed by atoms with Crippen molar-refractivity contribution in [2.75, 3.05) is 12.4 Å². The zero-order chi connectivity index (χ0) is 13.9. The molecule has 0 radical (unpaired) electrons. The van der Waals surface area contributed by atoms with Crippen LogP contribution < -0.4 is 0 Å². The number of benzene rings is 1. The second kappa shape index (κ2) is 6.35. The number of hydrogen-bond acceptors (Lipinski definition) is 3. The molecule has 0 amide bonds. The second-order valence-electron chi connectivity index (χ2n) is 3.40. The highest BCUT2D eigenvalue weighted by molar-refractivity contribution is 7.98. The van der Waals surface area contributed by atoms with Gasteiger partial charge in [-0.05, 0) is 0 Å². The summed E-state index contributed by atoms with van der Waals surface area (Å²) in [5.41, 5.74) is -0.943. The largest absolute Gasteiger partial charge is 0.394 e. The lowest BCUT2D eigenvalue weighted by atomic mass is 10.2. The molecule has 0 spiro atoms. The minimum Gasteiger partial charge on any atom is -0.394 e. The van der Waals surface area contributed by atoms with Gasteiger partial charge in [0.2, 0.25) is 5.82 Å². The van der Waals surface area contributed by atoms with Crippen LogP contribution in [-0.2, 0) is 5.75 Å². The van der Waals surface area contributed by atoms with Crippen molar-refractivity contribution in [2.45, 2.75) is 11.9 Å². The molecule has 1 rings (SSSR count). The van der Waals surface area contributed by atoms with Crippen LogP contribution in [0, 0.1) is 29.1 Å². The molecule has 2 nitrogen and oxygen atoms in total. The van der Waals surface area contributed by atoms with Gasteiger partial charge in [-0.3, -0.25) is 0 Å². The van der Waals surface area contributed by atoms with Crippen molar-refractivity contribution < 1.29 is 32.2 Å². The first-order chi connectivity index (χ1) is 8.40. The van der Waals surface area contributed by atoms with Crippen LogP contribution in [0.1, 0.15) is 5.56 Å². The SMILES string of the molecule is OCC(O)CSCc1c(F)c(F)c(F)c(F)c1F. The van der Waals surface area contributed by atoms with E-state index in [-0.39, 0.29) is 5.75 Å². The van der Waals surface area contributed by atoms with Crippen LogP contribution in [-0.4, -0.2) is 28.7 Å². The summed E-state index contributed by atoms with van der Waals surface area (Å²) in [5, 5.41) is 17.4. The molecule has 102 valence electrons. The van der Waals surface area contributed by atoms with Crippen molar-refractivity contribution in [1.29, 1.82) is 0 Å². The lowest BCUT2D eigenvalue weighted by Crippen LogP contribution is -2.15. The summed E-state index contributed by atoms with van der Waals surface area (Å²) in [6, 6.07) is 0. The van der Waals surface area contributed by atoms with Gasteiger partial charge in [0.05, 0.1) is 12.7 Å². The first kappa shape index (κ1) is 15.2. The molecule has 2 N–H and O–H groups in total. The van der Waals surface area contributed by atoms with Crippen LogP contribution >= 0.6 is 11.8 Å². The molecule has 1 unspecified atom stereocenters. The normalized spacial score (nSPS) is 12.8. The topological polar surface area (TPSA) is 40.5 Å². The molecule has 0 saturated carbocycles. The van der Waals surface area contributed by atoms with E-state index in [1.165, 1.54) is 0 Å². The molecular formula is C10H9F5O2S. The van der Waals surface area contributed by atoms with Gasteiger partial charge in [-0.15, -0.1) is 0 Å². The highest BCUT2D eigenvalue weighted by Gasteiger charge is 2.25. The molecule has 1 aromatic carbocycles. The minimum absolute atomic E-state index is 0.0873. The summed E-state index contributed by atoms with van der Waals surface area (Å²) < 4.78 is 64.6. The van der Waals surface area contributed by atoms with Gasteiger partial charge in [0.15, 0.2) is 23.3 Å². The minimum atomic E-state index is -2.20. The van der Waals surface area contributed by atoms with E-state index in [1.807, 2.05) is 0 Å². The Morgan fingerprint density at radius 1 is 0.889 bits per heavy atom. The number of thioether (sulfide) groups is 1. The summed E-state index contributed by atoms with van der Waals surface area (Å²) in [4.78, 5) is 0. The number of rotatable bonds is 5. The lowest BCUT2D eigenvalue weighted by Gasteiger charge is -2.09. The van der Waals surface area contributed by atoms with Crippen LogP contribution in [0.4, 0.5) is 22.0 Å². The van der Waals surface area contributed by atoms with E-state index in [0.717, 1.165) is 11.8 Å². The van der Waals surface area contributed by atoms with Gasteiger partial charge in [0.25, 0.3) is 0 Å². The van der Waals surface area contributed by atoms with E-state index >= 15 is 0 Å². The zero-order valence-corrected chi connectivity index (χ0v) is 9.71. The Kier molecular flexibility index (Phi) is 5.36. The third-order valence-electron chi connectivity index (χ3n) is 2.07. The van der Waals surface area contributed by atoms with Crippen molar-refractivity contribution in [3.05, 3.63) is 34.6 Å². The summed E-state index contributed by atoms with van der Waals surface area (Å²) in [5.74, 6) is -10.5. The summed E-state index contributed by atoms with van der Waals surface area (Å²) >= 11 is 0.745. The van der Waals surface area contributed by atoms with Gasteiger partial charge >= 0.3 is 0 Å². The molecule has 0 fully saturated rings. The standard InChI is InChI=1S/C10H9F5O2S/c11-6-5(3-18-2-4(17)1-16)7(12)9(14)10(15)8(6)13/h4,16-17H,1-3H2. The molecule has 0 aromatic heterocycles. The Bertz CT molecular complexity index is 412. The molecule has 0 bridgehead atoms. The Morgan fingerprint density at radius 2 is 1.33 bits per heavy atom. The number of aliphatic hydroxyl groups excluding tert-OH is 2. The molecule has 18 heavy (non-hydrogen) atoms. The molecule has 0 aliphatic rings. The van der Waals surface area contributed by atoms with Crippen molar-refractivity contribution in [3.8, 4) is 0 Å². The Morgan fingerprint density at radius 3 is 1.78 bits per heavy atom. The second-order valence-corrected chi connectivity index (χ2v) is 4.43. The molecule has 0 aliphatic carbocycles.